The lowest BCUT2D eigenvalue weighted by atomic mass is 10.0. The molecule has 0 saturated carbocycles. The largest absolute Gasteiger partial charge is 0.457 e. The number of esters is 2. The summed E-state index contributed by atoms with van der Waals surface area (Å²) >= 11 is 1.99. The Morgan fingerprint density at radius 1 is 0.793 bits per heavy atom. The SMILES string of the molecule is Cc1nc(I)c(C(=O)OCc2ccccc2)c(C)c1C(=O)OCc1ccccc1. The third kappa shape index (κ3) is 5.20. The Labute approximate surface area is 183 Å². The van der Waals surface area contributed by atoms with Gasteiger partial charge in [0, 0.05) is 0 Å². The monoisotopic (exact) mass is 501 g/mol. The van der Waals surface area contributed by atoms with Crippen LogP contribution in [0.3, 0.4) is 0 Å². The zero-order chi connectivity index (χ0) is 20.8. The summed E-state index contributed by atoms with van der Waals surface area (Å²) in [5.41, 5.74) is 3.39. The van der Waals surface area contributed by atoms with E-state index in [-0.39, 0.29) is 13.2 Å². The predicted octanol–water partition coefficient (Wildman–Crippen LogP) is 5.02. The van der Waals surface area contributed by atoms with Gasteiger partial charge in [-0.25, -0.2) is 14.6 Å². The number of aryl methyl sites for hydroxylation is 1. The molecule has 0 amide bonds. The van der Waals surface area contributed by atoms with Gasteiger partial charge in [0.25, 0.3) is 0 Å². The van der Waals surface area contributed by atoms with Gasteiger partial charge in [0.15, 0.2) is 0 Å². The van der Waals surface area contributed by atoms with Gasteiger partial charge < -0.3 is 9.47 Å². The van der Waals surface area contributed by atoms with E-state index in [9.17, 15) is 9.59 Å². The number of pyridine rings is 1. The van der Waals surface area contributed by atoms with Crippen LogP contribution in [0, 0.1) is 17.5 Å². The molecule has 29 heavy (non-hydrogen) atoms. The zero-order valence-corrected chi connectivity index (χ0v) is 18.3. The third-order valence-corrected chi connectivity index (χ3v) is 5.20. The molecule has 148 valence electrons. The van der Waals surface area contributed by atoms with Gasteiger partial charge in [-0.05, 0) is 53.1 Å². The molecule has 0 radical (unpaired) electrons. The number of hydrogen-bond acceptors (Lipinski definition) is 5. The first-order valence-electron chi connectivity index (χ1n) is 9.06. The molecule has 3 rings (SSSR count). The quantitative estimate of drug-likeness (QED) is 0.270. The summed E-state index contributed by atoms with van der Waals surface area (Å²) in [6, 6.07) is 18.8. The van der Waals surface area contributed by atoms with Crippen LogP contribution in [0.1, 0.15) is 43.1 Å². The van der Waals surface area contributed by atoms with Crippen molar-refractivity contribution in [3.05, 3.63) is 97.9 Å². The molecule has 0 atom stereocenters. The first-order chi connectivity index (χ1) is 14.0. The molecule has 0 aliphatic heterocycles. The van der Waals surface area contributed by atoms with E-state index >= 15 is 0 Å². The van der Waals surface area contributed by atoms with Gasteiger partial charge in [0.1, 0.15) is 16.9 Å². The van der Waals surface area contributed by atoms with Gasteiger partial charge in [0.2, 0.25) is 0 Å². The number of nitrogens with zero attached hydrogens (tertiary/aromatic N) is 1. The second kappa shape index (κ2) is 9.65. The van der Waals surface area contributed by atoms with Crippen LogP contribution in [0.4, 0.5) is 0 Å². The molecule has 2 aromatic carbocycles. The molecule has 5 nitrogen and oxygen atoms in total. The molecule has 1 aromatic heterocycles. The molecule has 0 saturated heterocycles. The van der Waals surface area contributed by atoms with Crippen LogP contribution in [0.15, 0.2) is 60.7 Å². The van der Waals surface area contributed by atoms with E-state index in [1.165, 1.54) is 0 Å². The van der Waals surface area contributed by atoms with Crippen LogP contribution in [0.2, 0.25) is 0 Å². The second-order valence-electron chi connectivity index (χ2n) is 6.49. The number of hydrogen-bond donors (Lipinski definition) is 0. The average Bonchev–Trinajstić information content (AvgIpc) is 2.72. The Kier molecular flexibility index (Phi) is 6.98. The van der Waals surface area contributed by atoms with E-state index < -0.39 is 11.9 Å². The number of aromatic nitrogens is 1. The van der Waals surface area contributed by atoms with Crippen molar-refractivity contribution in [2.45, 2.75) is 27.1 Å². The highest BCUT2D eigenvalue weighted by atomic mass is 127. The Hall–Kier alpha value is -2.74. The van der Waals surface area contributed by atoms with Gasteiger partial charge in [-0.2, -0.15) is 0 Å². The van der Waals surface area contributed by atoms with Crippen LogP contribution in [0.5, 0.6) is 0 Å². The second-order valence-corrected chi connectivity index (χ2v) is 7.51. The number of ether oxygens (including phenoxy) is 2. The summed E-state index contributed by atoms with van der Waals surface area (Å²) in [6.07, 6.45) is 0. The minimum atomic E-state index is -0.514. The van der Waals surface area contributed by atoms with Crippen LogP contribution >= 0.6 is 22.6 Å². The van der Waals surface area contributed by atoms with Crippen molar-refractivity contribution < 1.29 is 19.1 Å². The normalized spacial score (nSPS) is 10.4. The molecule has 0 aliphatic rings. The number of benzene rings is 2. The van der Waals surface area contributed by atoms with Crippen molar-refractivity contribution in [3.8, 4) is 0 Å². The highest BCUT2D eigenvalue weighted by Crippen LogP contribution is 2.24. The number of carbonyl (C=O) groups excluding carboxylic acids is 2. The smallest absolute Gasteiger partial charge is 0.341 e. The van der Waals surface area contributed by atoms with Crippen molar-refractivity contribution in [2.24, 2.45) is 0 Å². The third-order valence-electron chi connectivity index (χ3n) is 4.42. The van der Waals surface area contributed by atoms with Gasteiger partial charge >= 0.3 is 11.9 Å². The van der Waals surface area contributed by atoms with Crippen LogP contribution in [-0.4, -0.2) is 16.9 Å². The van der Waals surface area contributed by atoms with Gasteiger partial charge in [-0.1, -0.05) is 60.7 Å². The summed E-state index contributed by atoms with van der Waals surface area (Å²) in [7, 11) is 0. The number of halogens is 1. The first kappa shape index (κ1) is 21.0. The van der Waals surface area contributed by atoms with E-state index in [0.29, 0.717) is 26.1 Å². The zero-order valence-electron chi connectivity index (χ0n) is 16.1. The Balaban J connectivity index is 1.79. The molecule has 0 aliphatic carbocycles. The van der Waals surface area contributed by atoms with Crippen molar-refractivity contribution in [1.82, 2.24) is 4.98 Å². The van der Waals surface area contributed by atoms with Gasteiger partial charge in [-0.15, -0.1) is 0 Å². The molecule has 1 heterocycles. The van der Waals surface area contributed by atoms with Crippen molar-refractivity contribution in [1.29, 1.82) is 0 Å². The Morgan fingerprint density at radius 3 is 1.72 bits per heavy atom. The molecular formula is C23H20INO4. The van der Waals surface area contributed by atoms with Crippen molar-refractivity contribution >= 4 is 34.5 Å². The predicted molar refractivity (Wildman–Crippen MR) is 118 cm³/mol. The molecule has 6 heteroatoms. The van der Waals surface area contributed by atoms with Crippen LogP contribution in [0.25, 0.3) is 0 Å². The highest BCUT2D eigenvalue weighted by molar-refractivity contribution is 14.1. The lowest BCUT2D eigenvalue weighted by Gasteiger charge is -2.15. The molecule has 0 fully saturated rings. The fraction of sp³-hybridized carbons (Fsp3) is 0.174. The van der Waals surface area contributed by atoms with Crippen LogP contribution in [-0.2, 0) is 22.7 Å². The molecule has 0 N–H and O–H groups in total. The van der Waals surface area contributed by atoms with Crippen molar-refractivity contribution in [3.63, 3.8) is 0 Å². The maximum atomic E-state index is 12.7. The van der Waals surface area contributed by atoms with Crippen LogP contribution < -0.4 is 0 Å². The minimum absolute atomic E-state index is 0.150. The Bertz CT molecular complexity index is 940. The minimum Gasteiger partial charge on any atom is -0.457 e. The van der Waals surface area contributed by atoms with E-state index in [1.807, 2.05) is 83.3 Å². The van der Waals surface area contributed by atoms with Crippen molar-refractivity contribution in [2.75, 3.05) is 0 Å². The fourth-order valence-electron chi connectivity index (χ4n) is 2.94. The van der Waals surface area contributed by atoms with E-state index in [4.69, 9.17) is 9.47 Å². The van der Waals surface area contributed by atoms with E-state index in [1.54, 1.807) is 13.8 Å². The number of carbonyl (C=O) groups is 2. The summed E-state index contributed by atoms with van der Waals surface area (Å²) in [5, 5.41) is 0. The average molecular weight is 501 g/mol. The first-order valence-corrected chi connectivity index (χ1v) is 10.1. The van der Waals surface area contributed by atoms with E-state index in [0.717, 1.165) is 11.1 Å². The topological polar surface area (TPSA) is 65.5 Å². The lowest BCUT2D eigenvalue weighted by molar-refractivity contribution is 0.0466. The maximum absolute atomic E-state index is 12.7. The molecule has 0 bridgehead atoms. The summed E-state index contributed by atoms with van der Waals surface area (Å²) in [5.74, 6) is -1.02. The summed E-state index contributed by atoms with van der Waals surface area (Å²) in [6.45, 7) is 3.75. The Morgan fingerprint density at radius 2 is 1.24 bits per heavy atom. The summed E-state index contributed by atoms with van der Waals surface area (Å²) in [4.78, 5) is 29.8. The number of rotatable bonds is 6. The molecule has 0 spiro atoms. The standard InChI is InChI=1S/C23H20INO4/c1-15-19(22(26)28-13-17-9-5-3-6-10-17)16(2)25-21(24)20(15)23(27)29-14-18-11-7-4-8-12-18/h3-12H,13-14H2,1-2H3. The highest BCUT2D eigenvalue weighted by Gasteiger charge is 2.25. The lowest BCUT2D eigenvalue weighted by Crippen LogP contribution is -2.17. The maximum Gasteiger partial charge on any atom is 0.341 e. The van der Waals surface area contributed by atoms with E-state index in [2.05, 4.69) is 4.98 Å². The van der Waals surface area contributed by atoms with Gasteiger partial charge in [-0.3, -0.25) is 0 Å². The molecule has 0 unspecified atom stereocenters. The molecular weight excluding hydrogens is 481 g/mol. The fourth-order valence-corrected chi connectivity index (χ4v) is 3.93. The summed E-state index contributed by atoms with van der Waals surface area (Å²) < 4.78 is 11.4. The van der Waals surface area contributed by atoms with Gasteiger partial charge in [0.05, 0.1) is 16.8 Å². The molecule has 3 aromatic rings.